The van der Waals surface area contributed by atoms with Crippen molar-refractivity contribution in [2.75, 3.05) is 19.8 Å². The second-order valence-corrected chi connectivity index (χ2v) is 6.11. The van der Waals surface area contributed by atoms with Gasteiger partial charge in [0.2, 0.25) is 0 Å². The van der Waals surface area contributed by atoms with Crippen LogP contribution < -0.4 is 10.1 Å². The van der Waals surface area contributed by atoms with E-state index in [1.54, 1.807) is 0 Å². The van der Waals surface area contributed by atoms with E-state index < -0.39 is 0 Å². The van der Waals surface area contributed by atoms with Crippen molar-refractivity contribution in [1.29, 1.82) is 0 Å². The van der Waals surface area contributed by atoms with Crippen molar-refractivity contribution in [3.63, 3.8) is 0 Å². The Labute approximate surface area is 128 Å². The minimum atomic E-state index is 0.343. The fourth-order valence-electron chi connectivity index (χ4n) is 3.12. The van der Waals surface area contributed by atoms with Crippen LogP contribution in [0.2, 0.25) is 0 Å². The smallest absolute Gasteiger partial charge is 0.119 e. The van der Waals surface area contributed by atoms with E-state index in [9.17, 15) is 5.11 Å². The van der Waals surface area contributed by atoms with E-state index in [4.69, 9.17) is 4.74 Å². The van der Waals surface area contributed by atoms with Crippen LogP contribution in [0, 0.1) is 11.8 Å². The first-order chi connectivity index (χ1) is 10.3. The van der Waals surface area contributed by atoms with Crippen LogP contribution in [0.1, 0.15) is 44.6 Å². The van der Waals surface area contributed by atoms with Crippen molar-refractivity contribution in [2.24, 2.45) is 11.8 Å². The van der Waals surface area contributed by atoms with Crippen LogP contribution in [0.25, 0.3) is 0 Å². The summed E-state index contributed by atoms with van der Waals surface area (Å²) in [5.41, 5.74) is 1.29. The Morgan fingerprint density at radius 1 is 1.14 bits per heavy atom. The molecular formula is C18H29NO2. The summed E-state index contributed by atoms with van der Waals surface area (Å²) in [7, 11) is 0. The lowest BCUT2D eigenvalue weighted by Crippen LogP contribution is -2.32. The zero-order valence-electron chi connectivity index (χ0n) is 13.2. The Bertz CT molecular complexity index is 391. The number of aliphatic hydroxyl groups excluding tert-OH is 1. The lowest BCUT2D eigenvalue weighted by atomic mass is 9.79. The van der Waals surface area contributed by atoms with Gasteiger partial charge in [-0.3, -0.25) is 0 Å². The summed E-state index contributed by atoms with van der Waals surface area (Å²) in [5, 5.41) is 13.0. The Kier molecular flexibility index (Phi) is 7.04. The fourth-order valence-corrected chi connectivity index (χ4v) is 3.12. The molecule has 0 aromatic heterocycles. The van der Waals surface area contributed by atoms with Gasteiger partial charge in [-0.25, -0.2) is 0 Å². The highest BCUT2D eigenvalue weighted by atomic mass is 16.5. The molecule has 2 atom stereocenters. The molecule has 1 saturated carbocycles. The van der Waals surface area contributed by atoms with Crippen molar-refractivity contribution in [3.8, 4) is 5.75 Å². The highest BCUT2D eigenvalue weighted by Gasteiger charge is 2.23. The van der Waals surface area contributed by atoms with Crippen LogP contribution >= 0.6 is 0 Å². The maximum atomic E-state index is 9.44. The molecule has 0 amide bonds. The first-order valence-electron chi connectivity index (χ1n) is 8.36. The molecule has 0 spiro atoms. The normalized spacial score (nSPS) is 22.2. The number of rotatable bonds is 8. The molecule has 0 heterocycles. The number of aliphatic hydroxyl groups is 1. The van der Waals surface area contributed by atoms with Crippen molar-refractivity contribution in [3.05, 3.63) is 29.8 Å². The van der Waals surface area contributed by atoms with Gasteiger partial charge in [0.25, 0.3) is 0 Å². The van der Waals surface area contributed by atoms with Gasteiger partial charge in [-0.15, -0.1) is 0 Å². The van der Waals surface area contributed by atoms with E-state index in [1.165, 1.54) is 31.2 Å². The number of ether oxygens (including phenoxy) is 1. The van der Waals surface area contributed by atoms with Crippen LogP contribution in [0.4, 0.5) is 0 Å². The van der Waals surface area contributed by atoms with E-state index in [-0.39, 0.29) is 0 Å². The molecule has 21 heavy (non-hydrogen) atoms. The average molecular weight is 291 g/mol. The van der Waals surface area contributed by atoms with Gasteiger partial charge in [-0.05, 0) is 55.3 Å². The van der Waals surface area contributed by atoms with Gasteiger partial charge in [0.05, 0.1) is 6.61 Å². The third-order valence-electron chi connectivity index (χ3n) is 4.43. The van der Waals surface area contributed by atoms with Gasteiger partial charge in [-0.1, -0.05) is 31.9 Å². The number of nitrogens with one attached hydrogen (secondary N) is 1. The van der Waals surface area contributed by atoms with Crippen LogP contribution in [-0.4, -0.2) is 24.9 Å². The Hall–Kier alpha value is -1.06. The van der Waals surface area contributed by atoms with Gasteiger partial charge in [0.1, 0.15) is 5.75 Å². The Morgan fingerprint density at radius 3 is 2.52 bits per heavy atom. The summed E-state index contributed by atoms with van der Waals surface area (Å²) in [6.07, 6.45) is 6.07. The maximum absolute atomic E-state index is 9.44. The third-order valence-corrected chi connectivity index (χ3v) is 4.43. The molecule has 0 bridgehead atoms. The minimum Gasteiger partial charge on any atom is -0.494 e. The summed E-state index contributed by atoms with van der Waals surface area (Å²) >= 11 is 0. The summed E-state index contributed by atoms with van der Waals surface area (Å²) in [4.78, 5) is 0. The molecule has 2 rings (SSSR count). The highest BCUT2D eigenvalue weighted by Crippen LogP contribution is 2.29. The van der Waals surface area contributed by atoms with E-state index in [1.807, 2.05) is 12.1 Å². The van der Waals surface area contributed by atoms with Gasteiger partial charge < -0.3 is 15.2 Å². The molecule has 1 aliphatic rings. The molecule has 118 valence electrons. The molecule has 1 aromatic rings. The van der Waals surface area contributed by atoms with Gasteiger partial charge in [0.15, 0.2) is 0 Å². The lowest BCUT2D eigenvalue weighted by Gasteiger charge is -2.30. The second-order valence-electron chi connectivity index (χ2n) is 6.11. The minimum absolute atomic E-state index is 0.343. The van der Waals surface area contributed by atoms with E-state index in [0.717, 1.165) is 31.9 Å². The van der Waals surface area contributed by atoms with Gasteiger partial charge in [0, 0.05) is 13.2 Å². The predicted octanol–water partition coefficient (Wildman–Crippen LogP) is 3.36. The largest absolute Gasteiger partial charge is 0.494 e. The SMILES string of the molecule is CCCOc1ccc(CNCC2CCCCC2CO)cc1. The molecule has 3 nitrogen and oxygen atoms in total. The van der Waals surface area contributed by atoms with Crippen LogP contribution in [0.3, 0.4) is 0 Å². The Balaban J connectivity index is 1.72. The van der Waals surface area contributed by atoms with Gasteiger partial charge >= 0.3 is 0 Å². The van der Waals surface area contributed by atoms with Crippen molar-refractivity contribution < 1.29 is 9.84 Å². The molecule has 3 heteroatoms. The maximum Gasteiger partial charge on any atom is 0.119 e. The lowest BCUT2D eigenvalue weighted by molar-refractivity contribution is 0.133. The first kappa shape index (κ1) is 16.3. The average Bonchev–Trinajstić information content (AvgIpc) is 2.54. The summed E-state index contributed by atoms with van der Waals surface area (Å²) in [5.74, 6) is 2.08. The number of hydrogen-bond donors (Lipinski definition) is 2. The summed E-state index contributed by atoms with van der Waals surface area (Å²) in [6.45, 7) is 5.14. The second kappa shape index (κ2) is 9.06. The van der Waals surface area contributed by atoms with Crippen molar-refractivity contribution in [2.45, 2.75) is 45.6 Å². The van der Waals surface area contributed by atoms with Crippen LogP contribution in [-0.2, 0) is 6.54 Å². The molecule has 0 radical (unpaired) electrons. The van der Waals surface area contributed by atoms with Gasteiger partial charge in [-0.2, -0.15) is 0 Å². The molecule has 2 unspecified atom stereocenters. The summed E-state index contributed by atoms with van der Waals surface area (Å²) in [6, 6.07) is 8.35. The van der Waals surface area contributed by atoms with Crippen LogP contribution in [0.15, 0.2) is 24.3 Å². The molecule has 0 aliphatic heterocycles. The molecule has 1 aromatic carbocycles. The Morgan fingerprint density at radius 2 is 1.86 bits per heavy atom. The third kappa shape index (κ3) is 5.33. The molecule has 2 N–H and O–H groups in total. The van der Waals surface area contributed by atoms with Crippen molar-refractivity contribution in [1.82, 2.24) is 5.32 Å². The molecule has 1 aliphatic carbocycles. The van der Waals surface area contributed by atoms with E-state index >= 15 is 0 Å². The zero-order valence-corrected chi connectivity index (χ0v) is 13.2. The predicted molar refractivity (Wildman–Crippen MR) is 86.5 cm³/mol. The highest BCUT2D eigenvalue weighted by molar-refractivity contribution is 5.27. The number of benzene rings is 1. The molecule has 1 fully saturated rings. The van der Waals surface area contributed by atoms with Crippen molar-refractivity contribution >= 4 is 0 Å². The topological polar surface area (TPSA) is 41.5 Å². The monoisotopic (exact) mass is 291 g/mol. The van der Waals surface area contributed by atoms with Crippen LogP contribution in [0.5, 0.6) is 5.75 Å². The molecular weight excluding hydrogens is 262 g/mol. The summed E-state index contributed by atoms with van der Waals surface area (Å²) < 4.78 is 5.59. The quantitative estimate of drug-likeness (QED) is 0.771. The zero-order chi connectivity index (χ0) is 14.9. The van der Waals surface area contributed by atoms with E-state index in [2.05, 4.69) is 24.4 Å². The van der Waals surface area contributed by atoms with E-state index in [0.29, 0.717) is 18.4 Å². The first-order valence-corrected chi connectivity index (χ1v) is 8.36. The molecule has 0 saturated heterocycles. The number of hydrogen-bond acceptors (Lipinski definition) is 3. The fraction of sp³-hybridized carbons (Fsp3) is 0.667. The standard InChI is InChI=1S/C18H29NO2/c1-2-11-21-18-9-7-15(8-10-18)12-19-13-16-5-3-4-6-17(16)14-20/h7-10,16-17,19-20H,2-6,11-14H2,1H3.